The molecule has 0 aromatic heterocycles. The fraction of sp³-hybridized carbons (Fsp3) is 0.111. The highest BCUT2D eigenvalue weighted by molar-refractivity contribution is 8.13. The number of ether oxygens (including phenoxy) is 1. The number of methoxy groups -OCH3 is 1. The van der Waals surface area contributed by atoms with Crippen molar-refractivity contribution in [2.45, 2.75) is 5.75 Å². The van der Waals surface area contributed by atoms with Gasteiger partial charge in [-0.25, -0.2) is 4.99 Å². The Bertz CT molecular complexity index is 752. The lowest BCUT2D eigenvalue weighted by Gasteiger charge is -2.03. The molecule has 0 fully saturated rings. The van der Waals surface area contributed by atoms with E-state index in [1.807, 2.05) is 54.6 Å². The Morgan fingerprint density at radius 2 is 1.87 bits per heavy atom. The van der Waals surface area contributed by atoms with Crippen LogP contribution in [0, 0.1) is 0 Å². The number of carbonyl (C=O) groups excluding carboxylic acids is 1. The Morgan fingerprint density at radius 3 is 2.57 bits per heavy atom. The summed E-state index contributed by atoms with van der Waals surface area (Å²) in [5.41, 5.74) is 2.55. The lowest BCUT2D eigenvalue weighted by molar-refractivity contribution is -0.115. The molecule has 0 atom stereocenters. The maximum atomic E-state index is 12.0. The van der Waals surface area contributed by atoms with Crippen molar-refractivity contribution in [3.63, 3.8) is 0 Å². The summed E-state index contributed by atoms with van der Waals surface area (Å²) in [6.07, 6.45) is 1.79. The van der Waals surface area contributed by atoms with Gasteiger partial charge in [-0.15, -0.1) is 0 Å². The number of amides is 1. The molecule has 1 aliphatic heterocycles. The fourth-order valence-electron chi connectivity index (χ4n) is 2.10. The Morgan fingerprint density at radius 1 is 1.13 bits per heavy atom. The van der Waals surface area contributed by atoms with Crippen LogP contribution >= 0.6 is 11.8 Å². The van der Waals surface area contributed by atoms with Crippen LogP contribution in [0.25, 0.3) is 6.08 Å². The van der Waals surface area contributed by atoms with Crippen molar-refractivity contribution in [2.75, 3.05) is 7.11 Å². The Balaban J connectivity index is 1.65. The summed E-state index contributed by atoms with van der Waals surface area (Å²) in [6, 6.07) is 17.5. The number of amidine groups is 1. The quantitative estimate of drug-likeness (QED) is 0.876. The van der Waals surface area contributed by atoms with Gasteiger partial charge >= 0.3 is 0 Å². The van der Waals surface area contributed by atoms with Crippen LogP contribution in [0.2, 0.25) is 0 Å². The zero-order chi connectivity index (χ0) is 16.1. The van der Waals surface area contributed by atoms with Crippen LogP contribution in [0.15, 0.2) is 65.3 Å². The molecule has 116 valence electrons. The molecule has 3 rings (SSSR count). The molecule has 0 bridgehead atoms. The maximum Gasteiger partial charge on any atom is 0.275 e. The number of nitrogens with one attached hydrogen (secondary N) is 1. The van der Waals surface area contributed by atoms with E-state index in [-0.39, 0.29) is 5.91 Å². The van der Waals surface area contributed by atoms with Gasteiger partial charge in [0.1, 0.15) is 11.4 Å². The molecule has 0 saturated heterocycles. The number of thioether (sulfide) groups is 1. The second kappa shape index (κ2) is 7.15. The number of benzene rings is 2. The molecule has 2 aromatic carbocycles. The first kappa shape index (κ1) is 15.4. The summed E-state index contributed by atoms with van der Waals surface area (Å²) in [4.78, 5) is 16.3. The lowest BCUT2D eigenvalue weighted by atomic mass is 10.2. The highest BCUT2D eigenvalue weighted by atomic mass is 32.2. The van der Waals surface area contributed by atoms with Crippen LogP contribution in [-0.4, -0.2) is 18.2 Å². The zero-order valence-electron chi connectivity index (χ0n) is 12.7. The molecule has 1 heterocycles. The fourth-order valence-corrected chi connectivity index (χ4v) is 2.92. The van der Waals surface area contributed by atoms with Gasteiger partial charge in [-0.3, -0.25) is 10.1 Å². The number of hydrogen-bond acceptors (Lipinski definition) is 4. The molecule has 1 amide bonds. The normalized spacial score (nSPS) is 15.4. The van der Waals surface area contributed by atoms with Crippen molar-refractivity contribution < 1.29 is 9.53 Å². The second-order valence-corrected chi connectivity index (χ2v) is 5.91. The Hall–Kier alpha value is -2.53. The minimum Gasteiger partial charge on any atom is -0.497 e. The number of aliphatic imine (C=N–C) groups is 1. The highest BCUT2D eigenvalue weighted by Gasteiger charge is 2.20. The van der Waals surface area contributed by atoms with Gasteiger partial charge < -0.3 is 4.74 Å². The third-order valence-electron chi connectivity index (χ3n) is 3.31. The maximum absolute atomic E-state index is 12.0. The molecule has 2 aromatic rings. The molecule has 5 heteroatoms. The molecule has 1 N–H and O–H groups in total. The first-order valence-corrected chi connectivity index (χ1v) is 8.16. The van der Waals surface area contributed by atoms with Crippen molar-refractivity contribution in [2.24, 2.45) is 4.99 Å². The third-order valence-corrected chi connectivity index (χ3v) is 4.26. The predicted molar refractivity (Wildman–Crippen MR) is 94.3 cm³/mol. The Labute approximate surface area is 139 Å². The smallest absolute Gasteiger partial charge is 0.275 e. The number of carbonyl (C=O) groups is 1. The second-order valence-electron chi connectivity index (χ2n) is 4.95. The van der Waals surface area contributed by atoms with Crippen LogP contribution < -0.4 is 10.1 Å². The largest absolute Gasteiger partial charge is 0.497 e. The van der Waals surface area contributed by atoms with Gasteiger partial charge in [0.25, 0.3) is 5.91 Å². The van der Waals surface area contributed by atoms with Crippen molar-refractivity contribution >= 4 is 28.9 Å². The monoisotopic (exact) mass is 324 g/mol. The van der Waals surface area contributed by atoms with E-state index in [2.05, 4.69) is 10.3 Å². The number of nitrogens with zero attached hydrogens (tertiary/aromatic N) is 1. The van der Waals surface area contributed by atoms with Gasteiger partial charge in [-0.2, -0.15) is 0 Å². The molecule has 0 saturated carbocycles. The summed E-state index contributed by atoms with van der Waals surface area (Å²) in [7, 11) is 1.65. The van der Waals surface area contributed by atoms with Gasteiger partial charge in [-0.1, -0.05) is 54.2 Å². The van der Waals surface area contributed by atoms with Gasteiger partial charge in [0.15, 0.2) is 5.17 Å². The van der Waals surface area contributed by atoms with Crippen LogP contribution in [-0.2, 0) is 10.5 Å². The minimum absolute atomic E-state index is 0.161. The van der Waals surface area contributed by atoms with Crippen molar-refractivity contribution in [3.05, 3.63) is 71.4 Å². The third kappa shape index (κ3) is 4.02. The van der Waals surface area contributed by atoms with Gasteiger partial charge in [0.2, 0.25) is 0 Å². The molecule has 0 unspecified atom stereocenters. The highest BCUT2D eigenvalue weighted by Crippen LogP contribution is 2.21. The molecule has 0 spiro atoms. The van der Waals surface area contributed by atoms with Crippen molar-refractivity contribution in [1.82, 2.24) is 5.32 Å². The lowest BCUT2D eigenvalue weighted by Crippen LogP contribution is -2.21. The summed E-state index contributed by atoms with van der Waals surface area (Å²) in [6.45, 7) is 0. The van der Waals surface area contributed by atoms with Gasteiger partial charge in [0.05, 0.1) is 7.11 Å². The van der Waals surface area contributed by atoms with E-state index < -0.39 is 0 Å². The summed E-state index contributed by atoms with van der Waals surface area (Å²) in [5, 5.41) is 3.43. The van der Waals surface area contributed by atoms with E-state index in [4.69, 9.17) is 4.74 Å². The molecule has 0 aliphatic carbocycles. The summed E-state index contributed by atoms with van der Waals surface area (Å²) < 4.78 is 5.14. The van der Waals surface area contributed by atoms with Crippen molar-refractivity contribution in [1.29, 1.82) is 0 Å². The molecular weight excluding hydrogens is 308 g/mol. The van der Waals surface area contributed by atoms with Gasteiger partial charge in [0, 0.05) is 5.75 Å². The predicted octanol–water partition coefficient (Wildman–Crippen LogP) is 3.46. The van der Waals surface area contributed by atoms with E-state index in [1.165, 1.54) is 11.8 Å². The minimum atomic E-state index is -0.161. The first-order valence-electron chi connectivity index (χ1n) is 7.17. The summed E-state index contributed by atoms with van der Waals surface area (Å²) >= 11 is 1.51. The van der Waals surface area contributed by atoms with E-state index in [0.29, 0.717) is 10.9 Å². The van der Waals surface area contributed by atoms with E-state index in [0.717, 1.165) is 22.6 Å². The summed E-state index contributed by atoms with van der Waals surface area (Å²) in [5.74, 6) is 1.41. The number of rotatable bonds is 4. The van der Waals surface area contributed by atoms with Crippen LogP contribution in [0.5, 0.6) is 5.75 Å². The zero-order valence-corrected chi connectivity index (χ0v) is 13.5. The Kier molecular flexibility index (Phi) is 4.78. The number of hydrogen-bond donors (Lipinski definition) is 1. The van der Waals surface area contributed by atoms with Crippen LogP contribution in [0.4, 0.5) is 0 Å². The molecule has 0 radical (unpaired) electrons. The van der Waals surface area contributed by atoms with Crippen LogP contribution in [0.3, 0.4) is 0 Å². The molecular formula is C18H16N2O2S. The van der Waals surface area contributed by atoms with Gasteiger partial charge in [-0.05, 0) is 29.3 Å². The molecule has 4 nitrogen and oxygen atoms in total. The average molecular weight is 324 g/mol. The topological polar surface area (TPSA) is 50.7 Å². The van der Waals surface area contributed by atoms with Crippen molar-refractivity contribution in [3.8, 4) is 5.75 Å². The first-order chi connectivity index (χ1) is 11.2. The molecule has 23 heavy (non-hydrogen) atoms. The van der Waals surface area contributed by atoms with E-state index >= 15 is 0 Å². The molecule has 1 aliphatic rings. The van der Waals surface area contributed by atoms with E-state index in [9.17, 15) is 4.79 Å². The average Bonchev–Trinajstić information content (AvgIpc) is 2.94. The SMILES string of the molecule is COc1ccc(CSC2=NC(=Cc3ccccc3)C(=O)N2)cc1. The van der Waals surface area contributed by atoms with E-state index in [1.54, 1.807) is 13.2 Å². The van der Waals surface area contributed by atoms with Crippen LogP contribution in [0.1, 0.15) is 11.1 Å². The standard InChI is InChI=1S/C18H16N2O2S/c1-22-15-9-7-14(8-10-15)12-23-18-19-16(17(21)20-18)11-13-5-3-2-4-6-13/h2-11H,12H2,1H3,(H,19,20,21).